The van der Waals surface area contributed by atoms with Gasteiger partial charge in [0.2, 0.25) is 0 Å². The number of aryl methyl sites for hydroxylation is 2. The summed E-state index contributed by atoms with van der Waals surface area (Å²) in [5.74, 6) is 0.831. The third-order valence-electron chi connectivity index (χ3n) is 4.96. The summed E-state index contributed by atoms with van der Waals surface area (Å²) in [5, 5.41) is 14.3. The Balaban J connectivity index is 2.16. The predicted molar refractivity (Wildman–Crippen MR) is 89.0 cm³/mol. The lowest BCUT2D eigenvalue weighted by atomic mass is 9.68. The fourth-order valence-corrected chi connectivity index (χ4v) is 4.04. The van der Waals surface area contributed by atoms with Gasteiger partial charge in [-0.05, 0) is 61.4 Å². The minimum Gasteiger partial charge on any atom is -0.268 e. The van der Waals surface area contributed by atoms with E-state index in [1.807, 2.05) is 6.92 Å². The van der Waals surface area contributed by atoms with Gasteiger partial charge in [0.25, 0.3) is 0 Å². The first kappa shape index (κ1) is 16.5. The Morgan fingerprint density at radius 1 is 1.38 bits per heavy atom. The predicted octanol–water partition coefficient (Wildman–Crippen LogP) is 5.02. The fraction of sp³-hybridized carbons (Fsp3) is 0.765. The van der Waals surface area contributed by atoms with Crippen molar-refractivity contribution in [3.8, 4) is 6.07 Å². The molecule has 21 heavy (non-hydrogen) atoms. The van der Waals surface area contributed by atoms with E-state index in [2.05, 4.69) is 45.6 Å². The van der Waals surface area contributed by atoms with Crippen LogP contribution in [0.3, 0.4) is 0 Å². The van der Waals surface area contributed by atoms with Gasteiger partial charge in [-0.1, -0.05) is 19.8 Å². The summed E-state index contributed by atoms with van der Waals surface area (Å²) in [5.41, 5.74) is 2.04. The summed E-state index contributed by atoms with van der Waals surface area (Å²) in [6.45, 7) is 7.25. The molecule has 3 nitrogen and oxygen atoms in total. The molecule has 1 saturated carbocycles. The molecule has 0 N–H and O–H groups in total. The molecule has 1 fully saturated rings. The zero-order chi connectivity index (χ0) is 15.5. The number of halogens is 1. The van der Waals surface area contributed by atoms with Crippen molar-refractivity contribution in [3.05, 3.63) is 15.9 Å². The number of nitrogens with zero attached hydrogens (tertiary/aromatic N) is 3. The highest BCUT2D eigenvalue weighted by molar-refractivity contribution is 9.10. The second kappa shape index (κ2) is 6.96. The Bertz CT molecular complexity index is 519. The monoisotopic (exact) mass is 351 g/mol. The Labute approximate surface area is 136 Å². The number of hydrogen-bond donors (Lipinski definition) is 0. The van der Waals surface area contributed by atoms with Crippen LogP contribution < -0.4 is 0 Å². The fourth-order valence-electron chi connectivity index (χ4n) is 3.61. The molecular formula is C17H26BrN3. The van der Waals surface area contributed by atoms with E-state index in [1.165, 1.54) is 31.4 Å². The molecule has 1 aromatic rings. The van der Waals surface area contributed by atoms with Crippen LogP contribution in [0.4, 0.5) is 0 Å². The van der Waals surface area contributed by atoms with Crippen LogP contribution in [0.5, 0.6) is 0 Å². The van der Waals surface area contributed by atoms with Gasteiger partial charge in [-0.15, -0.1) is 0 Å². The molecule has 0 spiro atoms. The van der Waals surface area contributed by atoms with Crippen LogP contribution in [0.1, 0.15) is 63.8 Å². The summed E-state index contributed by atoms with van der Waals surface area (Å²) < 4.78 is 3.14. The summed E-state index contributed by atoms with van der Waals surface area (Å²) in [7, 11) is 0. The maximum Gasteiger partial charge on any atom is 0.0738 e. The van der Waals surface area contributed by atoms with Gasteiger partial charge in [0.1, 0.15) is 0 Å². The Morgan fingerprint density at radius 2 is 2.05 bits per heavy atom. The van der Waals surface area contributed by atoms with Crippen molar-refractivity contribution in [2.75, 3.05) is 0 Å². The molecule has 1 heterocycles. The first-order chi connectivity index (χ1) is 10.0. The number of aromatic nitrogens is 2. The van der Waals surface area contributed by atoms with Crippen LogP contribution in [0.2, 0.25) is 0 Å². The average molecular weight is 352 g/mol. The van der Waals surface area contributed by atoms with Crippen molar-refractivity contribution in [1.82, 2.24) is 9.78 Å². The van der Waals surface area contributed by atoms with Gasteiger partial charge < -0.3 is 0 Å². The van der Waals surface area contributed by atoms with Crippen LogP contribution in [0.15, 0.2) is 4.47 Å². The Kier molecular flexibility index (Phi) is 5.48. The molecule has 0 saturated heterocycles. The van der Waals surface area contributed by atoms with Gasteiger partial charge in [0, 0.05) is 13.0 Å². The number of hydrogen-bond acceptors (Lipinski definition) is 2. The van der Waals surface area contributed by atoms with Crippen molar-refractivity contribution in [3.63, 3.8) is 0 Å². The first-order valence-corrected chi connectivity index (χ1v) is 8.97. The third-order valence-corrected chi connectivity index (χ3v) is 5.99. The lowest BCUT2D eigenvalue weighted by Gasteiger charge is -2.35. The summed E-state index contributed by atoms with van der Waals surface area (Å²) in [6.07, 6.45) is 7.89. The smallest absolute Gasteiger partial charge is 0.0738 e. The lowest BCUT2D eigenvalue weighted by Crippen LogP contribution is -2.29. The minimum atomic E-state index is -0.188. The summed E-state index contributed by atoms with van der Waals surface area (Å²) in [6, 6.07) is 2.65. The van der Waals surface area contributed by atoms with E-state index in [9.17, 15) is 5.26 Å². The maximum atomic E-state index is 9.79. The Hall–Kier alpha value is -0.820. The van der Waals surface area contributed by atoms with E-state index in [4.69, 9.17) is 0 Å². The molecule has 0 unspecified atom stereocenters. The maximum absolute atomic E-state index is 9.79. The SMILES string of the molecule is CCCC1CCC(C#N)(Cc2c(Br)c(C)nn2CC)CC1. The van der Waals surface area contributed by atoms with E-state index in [0.717, 1.165) is 41.9 Å². The van der Waals surface area contributed by atoms with E-state index < -0.39 is 0 Å². The van der Waals surface area contributed by atoms with Gasteiger partial charge in [-0.2, -0.15) is 10.4 Å². The first-order valence-electron chi connectivity index (χ1n) is 8.18. The summed E-state index contributed by atoms with van der Waals surface area (Å²) >= 11 is 3.67. The molecule has 116 valence electrons. The molecule has 0 radical (unpaired) electrons. The highest BCUT2D eigenvalue weighted by Crippen LogP contribution is 2.43. The van der Waals surface area contributed by atoms with Crippen LogP contribution in [-0.2, 0) is 13.0 Å². The largest absolute Gasteiger partial charge is 0.268 e. The van der Waals surface area contributed by atoms with E-state index in [-0.39, 0.29) is 5.41 Å². The van der Waals surface area contributed by atoms with Crippen molar-refractivity contribution in [2.24, 2.45) is 11.3 Å². The van der Waals surface area contributed by atoms with Crippen molar-refractivity contribution in [1.29, 1.82) is 5.26 Å². The van der Waals surface area contributed by atoms with Crippen LogP contribution in [-0.4, -0.2) is 9.78 Å². The molecule has 2 rings (SSSR count). The molecule has 0 atom stereocenters. The molecule has 0 aromatic carbocycles. The van der Waals surface area contributed by atoms with Gasteiger partial charge in [0.05, 0.1) is 27.3 Å². The standard InChI is InChI=1S/C17H26BrN3/c1-4-6-14-7-9-17(12-19,10-8-14)11-15-16(18)13(3)20-21(15)5-2/h14H,4-11H2,1-3H3. The average Bonchev–Trinajstić information content (AvgIpc) is 2.77. The summed E-state index contributed by atoms with van der Waals surface area (Å²) in [4.78, 5) is 0. The van der Waals surface area contributed by atoms with Crippen molar-refractivity contribution >= 4 is 15.9 Å². The molecule has 4 heteroatoms. The van der Waals surface area contributed by atoms with E-state index in [0.29, 0.717) is 0 Å². The second-order valence-corrected chi connectivity index (χ2v) is 7.26. The van der Waals surface area contributed by atoms with Crippen LogP contribution in [0.25, 0.3) is 0 Å². The highest BCUT2D eigenvalue weighted by atomic mass is 79.9. The molecule has 0 amide bonds. The zero-order valence-corrected chi connectivity index (χ0v) is 15.0. The topological polar surface area (TPSA) is 41.6 Å². The molecule has 0 aliphatic heterocycles. The van der Waals surface area contributed by atoms with Crippen LogP contribution in [0, 0.1) is 29.6 Å². The number of rotatable bonds is 5. The zero-order valence-electron chi connectivity index (χ0n) is 13.5. The van der Waals surface area contributed by atoms with Crippen molar-refractivity contribution < 1.29 is 0 Å². The van der Waals surface area contributed by atoms with E-state index in [1.54, 1.807) is 0 Å². The molecule has 0 bridgehead atoms. The highest BCUT2D eigenvalue weighted by Gasteiger charge is 2.37. The van der Waals surface area contributed by atoms with Gasteiger partial charge in [0.15, 0.2) is 0 Å². The lowest BCUT2D eigenvalue weighted by molar-refractivity contribution is 0.197. The van der Waals surface area contributed by atoms with E-state index >= 15 is 0 Å². The van der Waals surface area contributed by atoms with Crippen LogP contribution >= 0.6 is 15.9 Å². The minimum absolute atomic E-state index is 0.188. The molecule has 1 aliphatic carbocycles. The van der Waals surface area contributed by atoms with Gasteiger partial charge >= 0.3 is 0 Å². The molecular weight excluding hydrogens is 326 g/mol. The third kappa shape index (κ3) is 3.51. The second-order valence-electron chi connectivity index (χ2n) is 6.46. The number of nitriles is 1. The quantitative estimate of drug-likeness (QED) is 0.747. The normalized spacial score (nSPS) is 25.8. The van der Waals surface area contributed by atoms with Gasteiger partial charge in [-0.25, -0.2) is 0 Å². The van der Waals surface area contributed by atoms with Crippen molar-refractivity contribution in [2.45, 2.75) is 72.3 Å². The Morgan fingerprint density at radius 3 is 2.57 bits per heavy atom. The molecule has 1 aliphatic rings. The van der Waals surface area contributed by atoms with Gasteiger partial charge in [-0.3, -0.25) is 4.68 Å². The molecule has 1 aromatic heterocycles.